The Morgan fingerprint density at radius 1 is 1.02 bits per heavy atom. The van der Waals surface area contributed by atoms with Gasteiger partial charge in [0.1, 0.15) is 23.5 Å². The number of likely N-dealkylation sites (N-methyl/N-ethyl adjacent to an activating group) is 1. The molecule has 1 amide bonds. The average Bonchev–Trinajstić information content (AvgIpc) is 3.43. The Morgan fingerprint density at radius 3 is 2.40 bits per heavy atom. The number of benzene rings is 2. The lowest BCUT2D eigenvalue weighted by atomic mass is 9.89. The lowest BCUT2D eigenvalue weighted by Gasteiger charge is -2.41. The highest BCUT2D eigenvalue weighted by Crippen LogP contribution is 2.40. The van der Waals surface area contributed by atoms with E-state index in [4.69, 9.17) is 10.5 Å². The number of piperazine rings is 1. The van der Waals surface area contributed by atoms with E-state index in [-0.39, 0.29) is 5.69 Å². The molecule has 0 atom stereocenters. The summed E-state index contributed by atoms with van der Waals surface area (Å²) < 4.78 is 7.92. The van der Waals surface area contributed by atoms with Crippen LogP contribution in [-0.2, 0) is 0 Å². The Hall–Kier alpha value is -4.55. The van der Waals surface area contributed by atoms with E-state index in [1.54, 1.807) is 13.2 Å². The van der Waals surface area contributed by atoms with Crippen LogP contribution < -0.4 is 15.8 Å². The number of carbonyl (C=O) groups excluding carboxylic acids is 1. The predicted molar refractivity (Wildman–Crippen MR) is 165 cm³/mol. The SMILES string of the molecule is COc1cc(-c2cn(C3CCC(N4CCN(C)CC4)CC3)c3ncnc(N)c23)ccc1NC(=O)c1ccc([N+](=O)[O-])cc1. The molecule has 0 unspecified atom stereocenters. The maximum atomic E-state index is 12.9. The van der Waals surface area contributed by atoms with Crippen molar-refractivity contribution in [2.24, 2.45) is 0 Å². The number of nitro benzene ring substituents is 1. The van der Waals surface area contributed by atoms with Crippen molar-refractivity contribution in [2.45, 2.75) is 37.8 Å². The van der Waals surface area contributed by atoms with E-state index in [9.17, 15) is 14.9 Å². The fourth-order valence-corrected chi connectivity index (χ4v) is 6.39. The van der Waals surface area contributed by atoms with E-state index in [1.165, 1.54) is 30.6 Å². The zero-order chi connectivity index (χ0) is 30.1. The van der Waals surface area contributed by atoms with E-state index in [0.717, 1.165) is 74.0 Å². The summed E-state index contributed by atoms with van der Waals surface area (Å²) in [6.45, 7) is 4.53. The zero-order valence-corrected chi connectivity index (χ0v) is 24.4. The molecule has 2 fully saturated rings. The van der Waals surface area contributed by atoms with Crippen LogP contribution in [0.25, 0.3) is 22.2 Å². The second-order valence-corrected chi connectivity index (χ2v) is 11.4. The van der Waals surface area contributed by atoms with Gasteiger partial charge < -0.3 is 25.3 Å². The molecule has 2 aliphatic rings. The van der Waals surface area contributed by atoms with Gasteiger partial charge in [-0.25, -0.2) is 9.97 Å². The van der Waals surface area contributed by atoms with Gasteiger partial charge in [0.05, 0.1) is 23.1 Å². The summed E-state index contributed by atoms with van der Waals surface area (Å²) in [4.78, 5) is 37.3. The number of nitrogens with one attached hydrogen (secondary N) is 1. The molecular weight excluding hydrogens is 548 g/mol. The van der Waals surface area contributed by atoms with Crippen LogP contribution in [-0.4, -0.2) is 81.5 Å². The number of hydrogen-bond acceptors (Lipinski definition) is 9. The normalized spacial score (nSPS) is 19.8. The topological polar surface area (TPSA) is 145 Å². The summed E-state index contributed by atoms with van der Waals surface area (Å²) in [7, 11) is 3.73. The fourth-order valence-electron chi connectivity index (χ4n) is 6.39. The maximum Gasteiger partial charge on any atom is 0.269 e. The van der Waals surface area contributed by atoms with Gasteiger partial charge in [-0.15, -0.1) is 0 Å². The van der Waals surface area contributed by atoms with Crippen molar-refractivity contribution in [3.05, 3.63) is 70.7 Å². The van der Waals surface area contributed by atoms with Gasteiger partial charge in [0.2, 0.25) is 0 Å². The van der Waals surface area contributed by atoms with Crippen molar-refractivity contribution < 1.29 is 14.5 Å². The highest BCUT2D eigenvalue weighted by Gasteiger charge is 2.30. The number of nitrogen functional groups attached to an aromatic ring is 1. The molecule has 1 aliphatic heterocycles. The molecule has 224 valence electrons. The molecule has 4 aromatic rings. The number of ether oxygens (including phenoxy) is 1. The van der Waals surface area contributed by atoms with Gasteiger partial charge in [-0.3, -0.25) is 19.8 Å². The van der Waals surface area contributed by atoms with E-state index in [0.29, 0.717) is 34.9 Å². The number of anilines is 2. The molecule has 43 heavy (non-hydrogen) atoms. The molecule has 0 radical (unpaired) electrons. The third kappa shape index (κ3) is 5.75. The molecule has 0 bridgehead atoms. The molecular formula is C31H36N8O4. The first-order valence-corrected chi connectivity index (χ1v) is 14.6. The fraction of sp³-hybridized carbons (Fsp3) is 0.387. The average molecular weight is 585 g/mol. The third-order valence-electron chi connectivity index (χ3n) is 8.85. The van der Waals surface area contributed by atoms with Crippen LogP contribution in [0.1, 0.15) is 42.1 Å². The molecule has 2 aromatic heterocycles. The van der Waals surface area contributed by atoms with Crippen molar-refractivity contribution in [3.8, 4) is 16.9 Å². The van der Waals surface area contributed by atoms with E-state index in [2.05, 4.69) is 42.9 Å². The molecule has 12 nitrogen and oxygen atoms in total. The molecule has 12 heteroatoms. The molecule has 0 spiro atoms. The largest absolute Gasteiger partial charge is 0.495 e. The highest BCUT2D eigenvalue weighted by molar-refractivity contribution is 6.06. The number of fused-ring (bicyclic) bond motifs is 1. The minimum absolute atomic E-state index is 0.0797. The van der Waals surface area contributed by atoms with Crippen LogP contribution in [0.15, 0.2) is 55.0 Å². The van der Waals surface area contributed by atoms with Crippen molar-refractivity contribution >= 4 is 34.1 Å². The lowest BCUT2D eigenvalue weighted by Crippen LogP contribution is -2.49. The maximum absolute atomic E-state index is 12.9. The standard InChI is InChI=1S/C31H36N8O4/c1-36-13-15-37(16-14-36)22-8-10-23(11-9-22)38-18-25(28-29(32)33-19-34-30(28)38)21-5-12-26(27(17-21)43-2)35-31(40)20-3-6-24(7-4-20)39(41)42/h3-7,12,17-19,22-23H,8-11,13-16H2,1-2H3,(H,35,40)(H2,32,33,34). The number of aromatic nitrogens is 3. The number of hydrogen-bond donors (Lipinski definition) is 2. The molecule has 1 saturated heterocycles. The van der Waals surface area contributed by atoms with Crippen LogP contribution in [0.4, 0.5) is 17.2 Å². The summed E-state index contributed by atoms with van der Waals surface area (Å²) in [5, 5.41) is 14.6. The summed E-state index contributed by atoms with van der Waals surface area (Å²) in [6, 6.07) is 11.9. The quantitative estimate of drug-likeness (QED) is 0.235. The Kier molecular flexibility index (Phi) is 7.96. The van der Waals surface area contributed by atoms with Crippen molar-refractivity contribution in [2.75, 3.05) is 51.4 Å². The smallest absolute Gasteiger partial charge is 0.269 e. The molecule has 2 aromatic carbocycles. The van der Waals surface area contributed by atoms with Gasteiger partial charge in [-0.05, 0) is 62.6 Å². The van der Waals surface area contributed by atoms with Crippen LogP contribution in [0.5, 0.6) is 5.75 Å². The van der Waals surface area contributed by atoms with Crippen molar-refractivity contribution in [3.63, 3.8) is 0 Å². The Bertz CT molecular complexity index is 1640. The minimum atomic E-state index is -0.502. The summed E-state index contributed by atoms with van der Waals surface area (Å²) in [5.74, 6) is 0.485. The van der Waals surface area contributed by atoms with Gasteiger partial charge >= 0.3 is 0 Å². The third-order valence-corrected chi connectivity index (χ3v) is 8.85. The van der Waals surface area contributed by atoms with E-state index >= 15 is 0 Å². The molecule has 1 saturated carbocycles. The number of nitrogens with two attached hydrogens (primary N) is 1. The highest BCUT2D eigenvalue weighted by atomic mass is 16.6. The summed E-state index contributed by atoms with van der Waals surface area (Å²) >= 11 is 0. The van der Waals surface area contributed by atoms with E-state index < -0.39 is 10.8 Å². The Balaban J connectivity index is 1.24. The molecule has 6 rings (SSSR count). The first-order chi connectivity index (χ1) is 20.8. The first kappa shape index (κ1) is 28.6. The Morgan fingerprint density at radius 2 is 1.72 bits per heavy atom. The molecule has 1 aliphatic carbocycles. The number of rotatable bonds is 7. The number of amides is 1. The van der Waals surface area contributed by atoms with Gasteiger partial charge in [0.25, 0.3) is 11.6 Å². The minimum Gasteiger partial charge on any atom is -0.495 e. The first-order valence-electron chi connectivity index (χ1n) is 14.6. The van der Waals surface area contributed by atoms with Crippen molar-refractivity contribution in [1.29, 1.82) is 0 Å². The number of nitro groups is 1. The number of carbonyl (C=O) groups is 1. The number of non-ortho nitro benzene ring substituents is 1. The zero-order valence-electron chi connectivity index (χ0n) is 24.4. The monoisotopic (exact) mass is 584 g/mol. The van der Waals surface area contributed by atoms with Crippen LogP contribution in [0.3, 0.4) is 0 Å². The van der Waals surface area contributed by atoms with Crippen molar-refractivity contribution in [1.82, 2.24) is 24.3 Å². The summed E-state index contributed by atoms with van der Waals surface area (Å²) in [6.07, 6.45) is 8.09. The number of nitrogens with zero attached hydrogens (tertiary/aromatic N) is 6. The lowest BCUT2D eigenvalue weighted by molar-refractivity contribution is -0.384. The van der Waals surface area contributed by atoms with Crippen LogP contribution >= 0.6 is 0 Å². The van der Waals surface area contributed by atoms with Gasteiger partial charge in [0.15, 0.2) is 0 Å². The molecule has 3 heterocycles. The second-order valence-electron chi connectivity index (χ2n) is 11.4. The van der Waals surface area contributed by atoms with Crippen LogP contribution in [0, 0.1) is 10.1 Å². The predicted octanol–water partition coefficient (Wildman–Crippen LogP) is 4.58. The van der Waals surface area contributed by atoms with Gasteiger partial charge in [0, 0.05) is 67.7 Å². The second kappa shape index (κ2) is 12.0. The van der Waals surface area contributed by atoms with E-state index in [1.807, 2.05) is 12.1 Å². The van der Waals surface area contributed by atoms with Gasteiger partial charge in [-0.1, -0.05) is 6.07 Å². The number of methoxy groups -OCH3 is 1. The van der Waals surface area contributed by atoms with Crippen LogP contribution in [0.2, 0.25) is 0 Å². The summed E-state index contributed by atoms with van der Waals surface area (Å²) in [5.41, 5.74) is 9.70. The van der Waals surface area contributed by atoms with Gasteiger partial charge in [-0.2, -0.15) is 0 Å². The molecule has 3 N–H and O–H groups in total. The Labute approximate surface area is 249 Å².